The summed E-state index contributed by atoms with van der Waals surface area (Å²) in [6, 6.07) is 24.0. The van der Waals surface area contributed by atoms with Crippen LogP contribution in [0.5, 0.6) is 11.5 Å². The van der Waals surface area contributed by atoms with E-state index in [2.05, 4.69) is 32.4 Å². The van der Waals surface area contributed by atoms with Gasteiger partial charge in [0.2, 0.25) is 0 Å². The molecule has 0 aliphatic rings. The van der Waals surface area contributed by atoms with Gasteiger partial charge >= 0.3 is 0 Å². The first-order valence-corrected chi connectivity index (χ1v) is 10.5. The van der Waals surface area contributed by atoms with Crippen LogP contribution in [0, 0.1) is 0 Å². The number of nitrogens with one attached hydrogen (secondary N) is 2. The Morgan fingerprint density at radius 2 is 1.69 bits per heavy atom. The number of rotatable bonds is 7. The second kappa shape index (κ2) is 8.91. The molecule has 0 amide bonds. The highest BCUT2D eigenvalue weighted by Crippen LogP contribution is 2.37. The van der Waals surface area contributed by atoms with Gasteiger partial charge in [-0.05, 0) is 47.0 Å². The number of anilines is 1. The standard InChI is InChI=1S/C26H23N5O/c27-15-18-6-8-21(9-7-18)32-23-11-13-29-26-25(23)22(17-31-26)20-10-12-28-24(14-20)30-16-19-4-2-1-3-5-19/h1-14,17H,15-16,27H2,(H,28,30)(H,29,31). The van der Waals surface area contributed by atoms with Crippen molar-refractivity contribution in [2.24, 2.45) is 5.73 Å². The van der Waals surface area contributed by atoms with Crippen LogP contribution < -0.4 is 15.8 Å². The van der Waals surface area contributed by atoms with E-state index < -0.39 is 0 Å². The lowest BCUT2D eigenvalue weighted by atomic mass is 10.1. The number of ether oxygens (including phenoxy) is 1. The lowest BCUT2D eigenvalue weighted by molar-refractivity contribution is 0.488. The summed E-state index contributed by atoms with van der Waals surface area (Å²) in [6.45, 7) is 1.21. The molecule has 0 aliphatic heterocycles. The Hall–Kier alpha value is -4.16. The molecule has 32 heavy (non-hydrogen) atoms. The Bertz CT molecular complexity index is 1330. The zero-order valence-electron chi connectivity index (χ0n) is 17.5. The van der Waals surface area contributed by atoms with E-state index in [-0.39, 0.29) is 0 Å². The van der Waals surface area contributed by atoms with Crippen molar-refractivity contribution in [1.82, 2.24) is 15.0 Å². The normalized spacial score (nSPS) is 10.9. The molecule has 5 rings (SSSR count). The largest absolute Gasteiger partial charge is 0.457 e. The number of benzene rings is 2. The number of hydrogen-bond acceptors (Lipinski definition) is 5. The Kier molecular flexibility index (Phi) is 5.51. The van der Waals surface area contributed by atoms with E-state index in [4.69, 9.17) is 10.5 Å². The van der Waals surface area contributed by atoms with Crippen LogP contribution in [0.1, 0.15) is 11.1 Å². The average Bonchev–Trinajstić information content (AvgIpc) is 3.29. The molecular formula is C26H23N5O. The first kappa shape index (κ1) is 19.8. The van der Waals surface area contributed by atoms with E-state index in [0.29, 0.717) is 13.1 Å². The third kappa shape index (κ3) is 4.17. The fourth-order valence-electron chi connectivity index (χ4n) is 3.64. The maximum Gasteiger partial charge on any atom is 0.141 e. The van der Waals surface area contributed by atoms with Crippen molar-refractivity contribution < 1.29 is 4.74 Å². The average molecular weight is 422 g/mol. The van der Waals surface area contributed by atoms with Crippen LogP contribution in [0.4, 0.5) is 5.82 Å². The van der Waals surface area contributed by atoms with Gasteiger partial charge in [0.15, 0.2) is 0 Å². The second-order valence-corrected chi connectivity index (χ2v) is 7.45. The van der Waals surface area contributed by atoms with E-state index in [1.54, 1.807) is 6.20 Å². The van der Waals surface area contributed by atoms with Gasteiger partial charge in [0.25, 0.3) is 0 Å². The topological polar surface area (TPSA) is 88.8 Å². The number of H-pyrrole nitrogens is 1. The maximum absolute atomic E-state index is 6.22. The molecular weight excluding hydrogens is 398 g/mol. The number of aromatic amines is 1. The number of nitrogens with zero attached hydrogens (tertiary/aromatic N) is 2. The number of nitrogens with two attached hydrogens (primary N) is 1. The van der Waals surface area contributed by atoms with Crippen LogP contribution in [0.2, 0.25) is 0 Å². The molecule has 0 spiro atoms. The summed E-state index contributed by atoms with van der Waals surface area (Å²) in [5.74, 6) is 2.30. The predicted molar refractivity (Wildman–Crippen MR) is 128 cm³/mol. The number of fused-ring (bicyclic) bond motifs is 1. The highest BCUT2D eigenvalue weighted by Gasteiger charge is 2.14. The van der Waals surface area contributed by atoms with Crippen molar-refractivity contribution in [1.29, 1.82) is 0 Å². The van der Waals surface area contributed by atoms with Gasteiger partial charge in [0.05, 0.1) is 5.39 Å². The Morgan fingerprint density at radius 1 is 0.875 bits per heavy atom. The summed E-state index contributed by atoms with van der Waals surface area (Å²) >= 11 is 0. The van der Waals surface area contributed by atoms with Crippen LogP contribution in [0.25, 0.3) is 22.2 Å². The molecule has 6 nitrogen and oxygen atoms in total. The van der Waals surface area contributed by atoms with Gasteiger partial charge in [0, 0.05) is 37.2 Å². The molecule has 0 bridgehead atoms. The lowest BCUT2D eigenvalue weighted by Crippen LogP contribution is -2.01. The minimum atomic E-state index is 0.504. The summed E-state index contributed by atoms with van der Waals surface area (Å²) in [6.07, 6.45) is 5.51. The summed E-state index contributed by atoms with van der Waals surface area (Å²) in [4.78, 5) is 12.2. The van der Waals surface area contributed by atoms with Crippen LogP contribution in [0.3, 0.4) is 0 Å². The summed E-state index contributed by atoms with van der Waals surface area (Å²) in [5, 5.41) is 4.32. The van der Waals surface area contributed by atoms with E-state index in [9.17, 15) is 0 Å². The van der Waals surface area contributed by atoms with Gasteiger partial charge in [-0.1, -0.05) is 42.5 Å². The highest BCUT2D eigenvalue weighted by molar-refractivity contribution is 5.98. The first-order chi connectivity index (χ1) is 15.8. The van der Waals surface area contributed by atoms with E-state index in [1.165, 1.54) is 5.56 Å². The summed E-state index contributed by atoms with van der Waals surface area (Å²) in [7, 11) is 0. The highest BCUT2D eigenvalue weighted by atomic mass is 16.5. The molecule has 0 aliphatic carbocycles. The van der Waals surface area contributed by atoms with Gasteiger partial charge in [-0.15, -0.1) is 0 Å². The van der Waals surface area contributed by atoms with Crippen molar-refractivity contribution in [3.63, 3.8) is 0 Å². The minimum absolute atomic E-state index is 0.504. The van der Waals surface area contributed by atoms with Gasteiger partial charge in [-0.2, -0.15) is 0 Å². The van der Waals surface area contributed by atoms with Crippen LogP contribution in [-0.4, -0.2) is 15.0 Å². The molecule has 0 saturated carbocycles. The summed E-state index contributed by atoms with van der Waals surface area (Å²) < 4.78 is 6.22. The summed E-state index contributed by atoms with van der Waals surface area (Å²) in [5.41, 5.74) is 10.8. The fraction of sp³-hybridized carbons (Fsp3) is 0.0769. The predicted octanol–water partition coefficient (Wildman–Crippen LogP) is 5.49. The number of aromatic nitrogens is 3. The van der Waals surface area contributed by atoms with E-state index >= 15 is 0 Å². The zero-order valence-corrected chi connectivity index (χ0v) is 17.5. The molecule has 5 aromatic rings. The van der Waals surface area contributed by atoms with E-state index in [1.807, 2.05) is 73.1 Å². The molecule has 158 valence electrons. The van der Waals surface area contributed by atoms with Crippen molar-refractivity contribution in [3.8, 4) is 22.6 Å². The molecule has 2 aromatic carbocycles. The van der Waals surface area contributed by atoms with Crippen LogP contribution in [-0.2, 0) is 13.1 Å². The molecule has 0 saturated heterocycles. The molecule has 6 heteroatoms. The zero-order chi connectivity index (χ0) is 21.8. The van der Waals surface area contributed by atoms with Crippen molar-refractivity contribution in [3.05, 3.63) is 103 Å². The molecule has 3 heterocycles. The number of pyridine rings is 2. The number of hydrogen-bond donors (Lipinski definition) is 3. The molecule has 3 aromatic heterocycles. The maximum atomic E-state index is 6.22. The van der Waals surface area contributed by atoms with Crippen LogP contribution >= 0.6 is 0 Å². The van der Waals surface area contributed by atoms with Crippen molar-refractivity contribution >= 4 is 16.9 Å². The SMILES string of the molecule is NCc1ccc(Oc2ccnc3[nH]cc(-c4ccnc(NCc5ccccc5)c4)c23)cc1. The van der Waals surface area contributed by atoms with Gasteiger partial charge in [0.1, 0.15) is 23.0 Å². The van der Waals surface area contributed by atoms with Crippen molar-refractivity contribution in [2.75, 3.05) is 5.32 Å². The molecule has 0 radical (unpaired) electrons. The van der Waals surface area contributed by atoms with E-state index in [0.717, 1.165) is 45.0 Å². The lowest BCUT2D eigenvalue weighted by Gasteiger charge is -2.10. The minimum Gasteiger partial charge on any atom is -0.457 e. The quantitative estimate of drug-likeness (QED) is 0.323. The third-order valence-electron chi connectivity index (χ3n) is 5.31. The van der Waals surface area contributed by atoms with Gasteiger partial charge in [-0.25, -0.2) is 9.97 Å². The Labute approximate surface area is 186 Å². The Balaban J connectivity index is 1.45. The monoisotopic (exact) mass is 421 g/mol. The molecule has 0 fully saturated rings. The second-order valence-electron chi connectivity index (χ2n) is 7.45. The fourth-order valence-corrected chi connectivity index (χ4v) is 3.64. The Morgan fingerprint density at radius 3 is 2.50 bits per heavy atom. The smallest absolute Gasteiger partial charge is 0.141 e. The molecule has 4 N–H and O–H groups in total. The van der Waals surface area contributed by atoms with Crippen molar-refractivity contribution in [2.45, 2.75) is 13.1 Å². The van der Waals surface area contributed by atoms with Crippen LogP contribution in [0.15, 0.2) is 91.4 Å². The molecule has 0 atom stereocenters. The molecule has 0 unspecified atom stereocenters. The van der Waals surface area contributed by atoms with Gasteiger partial charge < -0.3 is 20.8 Å². The third-order valence-corrected chi connectivity index (χ3v) is 5.31. The first-order valence-electron chi connectivity index (χ1n) is 10.5. The van der Waals surface area contributed by atoms with Gasteiger partial charge in [-0.3, -0.25) is 0 Å².